The molecule has 1 aromatic heterocycles. The second-order valence-electron chi connectivity index (χ2n) is 4.43. The number of methoxy groups -OCH3 is 1. The van der Waals surface area contributed by atoms with Crippen LogP contribution in [0.1, 0.15) is 29.8 Å². The number of hydrogen-bond donors (Lipinski definition) is 1. The SMILES string of the molecule is COc1ccc(-c2nc(C(C)N)cs2)c(C)c1C. The van der Waals surface area contributed by atoms with Crippen molar-refractivity contribution in [2.75, 3.05) is 7.11 Å². The van der Waals surface area contributed by atoms with Crippen LogP contribution in [0.25, 0.3) is 10.6 Å². The van der Waals surface area contributed by atoms with E-state index in [4.69, 9.17) is 10.5 Å². The van der Waals surface area contributed by atoms with Crippen molar-refractivity contribution in [1.82, 2.24) is 4.98 Å². The van der Waals surface area contributed by atoms with Crippen molar-refractivity contribution in [3.05, 3.63) is 34.3 Å². The molecule has 96 valence electrons. The molecule has 0 aliphatic carbocycles. The monoisotopic (exact) mass is 262 g/mol. The lowest BCUT2D eigenvalue weighted by Crippen LogP contribution is -2.04. The number of ether oxygens (including phenoxy) is 1. The quantitative estimate of drug-likeness (QED) is 0.921. The summed E-state index contributed by atoms with van der Waals surface area (Å²) in [5.74, 6) is 0.917. The summed E-state index contributed by atoms with van der Waals surface area (Å²) in [7, 11) is 1.69. The van der Waals surface area contributed by atoms with Gasteiger partial charge in [0.25, 0.3) is 0 Å². The van der Waals surface area contributed by atoms with Crippen LogP contribution in [0, 0.1) is 13.8 Å². The molecular formula is C14H18N2OS. The first-order valence-corrected chi connectivity index (χ1v) is 6.78. The van der Waals surface area contributed by atoms with Crippen molar-refractivity contribution in [2.24, 2.45) is 5.73 Å². The Kier molecular flexibility index (Phi) is 3.68. The van der Waals surface area contributed by atoms with E-state index in [-0.39, 0.29) is 6.04 Å². The van der Waals surface area contributed by atoms with Gasteiger partial charge in [-0.05, 0) is 44.0 Å². The predicted octanol–water partition coefficient (Wildman–Crippen LogP) is 3.46. The number of benzene rings is 1. The van der Waals surface area contributed by atoms with Crippen LogP contribution in [0.15, 0.2) is 17.5 Å². The molecule has 1 atom stereocenters. The fourth-order valence-electron chi connectivity index (χ4n) is 1.87. The summed E-state index contributed by atoms with van der Waals surface area (Å²) in [6, 6.07) is 4.03. The van der Waals surface area contributed by atoms with E-state index in [1.165, 1.54) is 5.56 Å². The van der Waals surface area contributed by atoms with Crippen molar-refractivity contribution in [3.63, 3.8) is 0 Å². The molecule has 0 spiro atoms. The third-order valence-corrected chi connectivity index (χ3v) is 4.07. The van der Waals surface area contributed by atoms with Crippen LogP contribution in [0.3, 0.4) is 0 Å². The molecule has 3 nitrogen and oxygen atoms in total. The molecule has 2 rings (SSSR count). The predicted molar refractivity (Wildman–Crippen MR) is 76.2 cm³/mol. The van der Waals surface area contributed by atoms with E-state index >= 15 is 0 Å². The molecule has 0 aliphatic heterocycles. The van der Waals surface area contributed by atoms with Crippen molar-refractivity contribution in [2.45, 2.75) is 26.8 Å². The first-order chi connectivity index (χ1) is 8.54. The van der Waals surface area contributed by atoms with E-state index in [2.05, 4.69) is 24.9 Å². The van der Waals surface area contributed by atoms with E-state index in [1.807, 2.05) is 18.4 Å². The summed E-state index contributed by atoms with van der Waals surface area (Å²) < 4.78 is 5.32. The number of hydrogen-bond acceptors (Lipinski definition) is 4. The molecule has 2 N–H and O–H groups in total. The third kappa shape index (κ3) is 2.26. The maximum absolute atomic E-state index is 5.84. The minimum absolute atomic E-state index is 0.0188. The van der Waals surface area contributed by atoms with E-state index < -0.39 is 0 Å². The molecule has 0 radical (unpaired) electrons. The largest absolute Gasteiger partial charge is 0.496 e. The summed E-state index contributed by atoms with van der Waals surface area (Å²) in [5.41, 5.74) is 10.3. The Bertz CT molecular complexity index is 561. The molecule has 0 saturated carbocycles. The Balaban J connectivity index is 2.47. The zero-order valence-electron chi connectivity index (χ0n) is 11.2. The summed E-state index contributed by atoms with van der Waals surface area (Å²) in [5, 5.41) is 3.05. The molecule has 0 fully saturated rings. The number of aromatic nitrogens is 1. The second-order valence-corrected chi connectivity index (χ2v) is 5.29. The summed E-state index contributed by atoms with van der Waals surface area (Å²) in [4.78, 5) is 4.59. The van der Waals surface area contributed by atoms with Gasteiger partial charge in [0.05, 0.1) is 12.8 Å². The topological polar surface area (TPSA) is 48.1 Å². The van der Waals surface area contributed by atoms with Gasteiger partial charge in [-0.2, -0.15) is 0 Å². The zero-order chi connectivity index (χ0) is 13.3. The van der Waals surface area contributed by atoms with Crippen LogP contribution < -0.4 is 10.5 Å². The van der Waals surface area contributed by atoms with Gasteiger partial charge < -0.3 is 10.5 Å². The lowest BCUT2D eigenvalue weighted by molar-refractivity contribution is 0.411. The van der Waals surface area contributed by atoms with Gasteiger partial charge in [0, 0.05) is 17.0 Å². The van der Waals surface area contributed by atoms with Crippen molar-refractivity contribution in [1.29, 1.82) is 0 Å². The van der Waals surface area contributed by atoms with Gasteiger partial charge in [-0.15, -0.1) is 11.3 Å². The molecular weight excluding hydrogens is 244 g/mol. The van der Waals surface area contributed by atoms with Gasteiger partial charge in [0.2, 0.25) is 0 Å². The van der Waals surface area contributed by atoms with Gasteiger partial charge in [0.1, 0.15) is 10.8 Å². The Labute approximate surface area is 112 Å². The summed E-state index contributed by atoms with van der Waals surface area (Å²) in [6.45, 7) is 6.11. The highest BCUT2D eigenvalue weighted by molar-refractivity contribution is 7.13. The van der Waals surface area contributed by atoms with Gasteiger partial charge in [-0.1, -0.05) is 0 Å². The van der Waals surface area contributed by atoms with Gasteiger partial charge >= 0.3 is 0 Å². The maximum Gasteiger partial charge on any atom is 0.123 e. The molecule has 1 unspecified atom stereocenters. The molecule has 0 aliphatic rings. The Hall–Kier alpha value is -1.39. The Morgan fingerprint density at radius 2 is 2.00 bits per heavy atom. The highest BCUT2D eigenvalue weighted by Gasteiger charge is 2.12. The molecule has 2 aromatic rings. The van der Waals surface area contributed by atoms with Crippen LogP contribution in [0.5, 0.6) is 5.75 Å². The summed E-state index contributed by atoms with van der Waals surface area (Å²) in [6.07, 6.45) is 0. The highest BCUT2D eigenvalue weighted by atomic mass is 32.1. The van der Waals surface area contributed by atoms with Crippen LogP contribution >= 0.6 is 11.3 Å². The van der Waals surface area contributed by atoms with Crippen molar-refractivity contribution >= 4 is 11.3 Å². The molecule has 1 heterocycles. The van der Waals surface area contributed by atoms with E-state index in [0.29, 0.717) is 0 Å². The van der Waals surface area contributed by atoms with Gasteiger partial charge in [0.15, 0.2) is 0 Å². The average Bonchev–Trinajstić information content (AvgIpc) is 2.82. The van der Waals surface area contributed by atoms with Crippen LogP contribution in [0.2, 0.25) is 0 Å². The third-order valence-electron chi connectivity index (χ3n) is 3.18. The van der Waals surface area contributed by atoms with Crippen LogP contribution in [-0.2, 0) is 0 Å². The number of rotatable bonds is 3. The minimum atomic E-state index is -0.0188. The van der Waals surface area contributed by atoms with Crippen molar-refractivity contribution in [3.8, 4) is 16.3 Å². The normalized spacial score (nSPS) is 12.5. The smallest absolute Gasteiger partial charge is 0.123 e. The molecule has 18 heavy (non-hydrogen) atoms. The molecule has 1 aromatic carbocycles. The maximum atomic E-state index is 5.84. The van der Waals surface area contributed by atoms with E-state index in [9.17, 15) is 0 Å². The van der Waals surface area contributed by atoms with Crippen molar-refractivity contribution < 1.29 is 4.74 Å². The first kappa shape index (κ1) is 13.1. The van der Waals surface area contributed by atoms with E-state index in [0.717, 1.165) is 27.6 Å². The molecule has 0 amide bonds. The number of nitrogens with zero attached hydrogens (tertiary/aromatic N) is 1. The number of thiazole rings is 1. The fourth-order valence-corrected chi connectivity index (χ4v) is 2.87. The first-order valence-electron chi connectivity index (χ1n) is 5.90. The molecule has 0 saturated heterocycles. The van der Waals surface area contributed by atoms with E-state index in [1.54, 1.807) is 18.4 Å². The van der Waals surface area contributed by atoms with Gasteiger partial charge in [-0.25, -0.2) is 4.98 Å². The average molecular weight is 262 g/mol. The zero-order valence-corrected chi connectivity index (χ0v) is 12.0. The second kappa shape index (κ2) is 5.08. The lowest BCUT2D eigenvalue weighted by atomic mass is 10.0. The molecule has 0 bridgehead atoms. The standard InChI is InChI=1S/C14H18N2OS/c1-8-9(2)13(17-4)6-5-11(8)14-16-12(7-18-14)10(3)15/h5-7,10H,15H2,1-4H3. The van der Waals surface area contributed by atoms with Gasteiger partial charge in [-0.3, -0.25) is 0 Å². The fraction of sp³-hybridized carbons (Fsp3) is 0.357. The minimum Gasteiger partial charge on any atom is -0.496 e. The highest BCUT2D eigenvalue weighted by Crippen LogP contribution is 2.33. The number of nitrogens with two attached hydrogens (primary N) is 1. The summed E-state index contributed by atoms with van der Waals surface area (Å²) >= 11 is 1.64. The van der Waals surface area contributed by atoms with Crippen LogP contribution in [0.4, 0.5) is 0 Å². The molecule has 4 heteroatoms. The lowest BCUT2D eigenvalue weighted by Gasteiger charge is -2.10. The van der Waals surface area contributed by atoms with Crippen LogP contribution in [-0.4, -0.2) is 12.1 Å². The Morgan fingerprint density at radius 1 is 1.28 bits per heavy atom. The Morgan fingerprint density at radius 3 is 2.56 bits per heavy atom.